The van der Waals surface area contributed by atoms with Gasteiger partial charge >= 0.3 is 0 Å². The normalized spacial score (nSPS) is 11.5. The number of carbonyl (C=O) groups is 2. The van der Waals surface area contributed by atoms with Gasteiger partial charge in [0.15, 0.2) is 23.9 Å². The van der Waals surface area contributed by atoms with Gasteiger partial charge in [0.05, 0.1) is 12.8 Å². The number of anilines is 1. The van der Waals surface area contributed by atoms with Gasteiger partial charge in [-0.05, 0) is 54.1 Å². The van der Waals surface area contributed by atoms with Crippen LogP contribution in [0.4, 0.5) is 5.69 Å². The quantitative estimate of drug-likeness (QED) is 0.309. The average molecular weight is 490 g/mol. The number of aromatic nitrogens is 4. The van der Waals surface area contributed by atoms with Crippen molar-refractivity contribution in [2.45, 2.75) is 29.2 Å². The van der Waals surface area contributed by atoms with Gasteiger partial charge in [0.1, 0.15) is 0 Å². The van der Waals surface area contributed by atoms with E-state index in [-0.39, 0.29) is 5.91 Å². The first kappa shape index (κ1) is 24.0. The molecule has 0 radical (unpaired) electrons. The van der Waals surface area contributed by atoms with Crippen molar-refractivity contribution >= 4 is 29.6 Å². The van der Waals surface area contributed by atoms with Gasteiger partial charge in [0, 0.05) is 20.9 Å². The Morgan fingerprint density at radius 1 is 1.09 bits per heavy atom. The highest BCUT2D eigenvalue weighted by atomic mass is 32.2. The summed E-state index contributed by atoms with van der Waals surface area (Å²) in [6, 6.07) is 20.1. The van der Waals surface area contributed by atoms with Gasteiger partial charge in [-0.1, -0.05) is 43.0 Å². The summed E-state index contributed by atoms with van der Waals surface area (Å²) >= 11 is 1.48. The lowest BCUT2D eigenvalue weighted by Crippen LogP contribution is -2.17. The summed E-state index contributed by atoms with van der Waals surface area (Å²) in [6.45, 7) is 1.85. The Bertz CT molecular complexity index is 1310. The Morgan fingerprint density at radius 3 is 2.57 bits per heavy atom. The van der Waals surface area contributed by atoms with E-state index in [0.717, 1.165) is 21.6 Å². The van der Waals surface area contributed by atoms with Gasteiger partial charge in [-0.2, -0.15) is 5.21 Å². The molecule has 0 aliphatic heterocycles. The molecule has 1 aromatic heterocycles. The highest BCUT2D eigenvalue weighted by Crippen LogP contribution is 2.38. The number of hydrogen-bond donors (Lipinski definition) is 2. The summed E-state index contributed by atoms with van der Waals surface area (Å²) in [6.07, 6.45) is 0.688. The molecule has 10 heteroatoms. The van der Waals surface area contributed by atoms with E-state index in [4.69, 9.17) is 9.47 Å². The van der Waals surface area contributed by atoms with Crippen molar-refractivity contribution in [3.8, 4) is 22.9 Å². The number of aromatic amines is 1. The SMILES string of the molecule is CCC(C=O)Oc1ccc(C(=O)Nc2ccccc2Sc2ccccc2-c2nn[nH]n2)cc1OC. The van der Waals surface area contributed by atoms with Crippen molar-refractivity contribution < 1.29 is 19.1 Å². The molecule has 4 rings (SSSR count). The number of nitrogens with one attached hydrogen (secondary N) is 2. The molecule has 178 valence electrons. The second kappa shape index (κ2) is 11.3. The second-order valence-electron chi connectivity index (χ2n) is 7.35. The highest BCUT2D eigenvalue weighted by molar-refractivity contribution is 7.99. The van der Waals surface area contributed by atoms with Gasteiger partial charge in [0.25, 0.3) is 5.91 Å². The molecular formula is C25H23N5O4S. The maximum absolute atomic E-state index is 13.1. The standard InChI is InChI=1S/C25H23N5O4S/c1-3-17(15-31)34-20-13-12-16(14-21(20)33-2)25(32)26-19-9-5-7-11-23(19)35-22-10-6-4-8-18(22)24-27-29-30-28-24/h4-15,17H,3H2,1-2H3,(H,26,32)(H,27,28,29,30). The van der Waals surface area contributed by atoms with Crippen LogP contribution in [0, 0.1) is 0 Å². The summed E-state index contributed by atoms with van der Waals surface area (Å²) in [7, 11) is 1.48. The number of rotatable bonds is 10. The predicted octanol–water partition coefficient (Wildman–Crippen LogP) is 4.64. The Balaban J connectivity index is 1.56. The molecule has 0 saturated carbocycles. The molecule has 1 heterocycles. The monoisotopic (exact) mass is 489 g/mol. The van der Waals surface area contributed by atoms with Crippen molar-refractivity contribution in [1.29, 1.82) is 0 Å². The van der Waals surface area contributed by atoms with Crippen LogP contribution in [-0.2, 0) is 4.79 Å². The van der Waals surface area contributed by atoms with Crippen LogP contribution in [0.25, 0.3) is 11.4 Å². The lowest BCUT2D eigenvalue weighted by molar-refractivity contribution is -0.113. The first-order valence-electron chi connectivity index (χ1n) is 10.8. The van der Waals surface area contributed by atoms with Crippen LogP contribution in [0.1, 0.15) is 23.7 Å². The topological polar surface area (TPSA) is 119 Å². The largest absolute Gasteiger partial charge is 0.493 e. The number of aldehydes is 1. The number of ether oxygens (including phenoxy) is 2. The Hall–Kier alpha value is -4.18. The molecule has 3 aromatic carbocycles. The van der Waals surface area contributed by atoms with E-state index in [9.17, 15) is 9.59 Å². The minimum atomic E-state index is -0.581. The zero-order valence-corrected chi connectivity index (χ0v) is 19.9. The molecule has 0 bridgehead atoms. The van der Waals surface area contributed by atoms with Crippen LogP contribution in [0.5, 0.6) is 11.5 Å². The summed E-state index contributed by atoms with van der Waals surface area (Å²) < 4.78 is 11.1. The molecule has 0 aliphatic rings. The number of H-pyrrole nitrogens is 1. The van der Waals surface area contributed by atoms with Gasteiger partial charge in [-0.15, -0.1) is 10.2 Å². The third kappa shape index (κ3) is 5.67. The number of nitrogens with zero attached hydrogens (tertiary/aromatic N) is 3. The molecule has 0 aliphatic carbocycles. The Morgan fingerprint density at radius 2 is 1.86 bits per heavy atom. The lowest BCUT2D eigenvalue weighted by Gasteiger charge is -2.16. The van der Waals surface area contributed by atoms with E-state index < -0.39 is 6.10 Å². The molecule has 1 amide bonds. The predicted molar refractivity (Wildman–Crippen MR) is 132 cm³/mol. The van der Waals surface area contributed by atoms with E-state index in [1.165, 1.54) is 18.9 Å². The smallest absolute Gasteiger partial charge is 0.255 e. The molecule has 0 fully saturated rings. The Kier molecular flexibility index (Phi) is 7.74. The fourth-order valence-electron chi connectivity index (χ4n) is 3.26. The molecule has 35 heavy (non-hydrogen) atoms. The maximum Gasteiger partial charge on any atom is 0.255 e. The van der Waals surface area contributed by atoms with E-state index >= 15 is 0 Å². The van der Waals surface area contributed by atoms with Crippen molar-refractivity contribution in [3.05, 3.63) is 72.3 Å². The van der Waals surface area contributed by atoms with Crippen LogP contribution in [0.2, 0.25) is 0 Å². The number of para-hydroxylation sites is 1. The summed E-state index contributed by atoms with van der Waals surface area (Å²) in [5.41, 5.74) is 1.87. The third-order valence-electron chi connectivity index (χ3n) is 5.09. The van der Waals surface area contributed by atoms with E-state index in [1.807, 2.05) is 55.5 Å². The molecule has 9 nitrogen and oxygen atoms in total. The number of amides is 1. The van der Waals surface area contributed by atoms with Crippen LogP contribution in [-0.4, -0.2) is 46.0 Å². The van der Waals surface area contributed by atoms with Gasteiger partial charge in [0.2, 0.25) is 5.82 Å². The maximum atomic E-state index is 13.1. The summed E-state index contributed by atoms with van der Waals surface area (Å²) in [4.78, 5) is 26.0. The first-order valence-corrected chi connectivity index (χ1v) is 11.7. The zero-order valence-electron chi connectivity index (χ0n) is 19.1. The highest BCUT2D eigenvalue weighted by Gasteiger charge is 2.17. The van der Waals surface area contributed by atoms with Crippen molar-refractivity contribution in [2.24, 2.45) is 0 Å². The molecule has 1 unspecified atom stereocenters. The average Bonchev–Trinajstić information content (AvgIpc) is 3.43. The van der Waals surface area contributed by atoms with Crippen LogP contribution >= 0.6 is 11.8 Å². The molecule has 0 saturated heterocycles. The van der Waals surface area contributed by atoms with Gasteiger partial charge in [-0.25, -0.2) is 0 Å². The van der Waals surface area contributed by atoms with Gasteiger partial charge in [-0.3, -0.25) is 9.59 Å². The minimum absolute atomic E-state index is 0.309. The number of carbonyl (C=O) groups excluding carboxylic acids is 2. The fourth-order valence-corrected chi connectivity index (χ4v) is 4.29. The molecular weight excluding hydrogens is 466 g/mol. The van der Waals surface area contributed by atoms with Crippen molar-refractivity contribution in [3.63, 3.8) is 0 Å². The third-order valence-corrected chi connectivity index (χ3v) is 6.24. The molecule has 0 spiro atoms. The van der Waals surface area contributed by atoms with E-state index in [0.29, 0.717) is 35.0 Å². The Labute approximate surface area is 206 Å². The first-order chi connectivity index (χ1) is 17.1. The summed E-state index contributed by atoms with van der Waals surface area (Å²) in [5.74, 6) is 0.951. The second-order valence-corrected chi connectivity index (χ2v) is 8.43. The van der Waals surface area contributed by atoms with E-state index in [1.54, 1.807) is 18.2 Å². The fraction of sp³-hybridized carbons (Fsp3) is 0.160. The number of benzene rings is 3. The van der Waals surface area contributed by atoms with Gasteiger partial charge < -0.3 is 14.8 Å². The van der Waals surface area contributed by atoms with Crippen LogP contribution < -0.4 is 14.8 Å². The number of tetrazole rings is 1. The van der Waals surface area contributed by atoms with Crippen molar-refractivity contribution in [2.75, 3.05) is 12.4 Å². The molecule has 4 aromatic rings. The molecule has 1 atom stereocenters. The van der Waals surface area contributed by atoms with E-state index in [2.05, 4.69) is 25.9 Å². The van der Waals surface area contributed by atoms with Crippen LogP contribution in [0.3, 0.4) is 0 Å². The summed E-state index contributed by atoms with van der Waals surface area (Å²) in [5, 5.41) is 17.2. The number of hydrogen-bond acceptors (Lipinski definition) is 8. The zero-order chi connectivity index (χ0) is 24.6. The molecule has 2 N–H and O–H groups in total. The van der Waals surface area contributed by atoms with Crippen molar-refractivity contribution in [1.82, 2.24) is 20.6 Å². The minimum Gasteiger partial charge on any atom is -0.493 e. The number of methoxy groups -OCH3 is 1. The lowest BCUT2D eigenvalue weighted by atomic mass is 10.1. The van der Waals surface area contributed by atoms with Crippen LogP contribution in [0.15, 0.2) is 76.5 Å².